The van der Waals surface area contributed by atoms with E-state index in [1.54, 1.807) is 0 Å². The summed E-state index contributed by atoms with van der Waals surface area (Å²) in [5.74, 6) is 0.962. The average Bonchev–Trinajstić information content (AvgIpc) is 3.09. The molecule has 0 bridgehead atoms. The van der Waals surface area contributed by atoms with Crippen LogP contribution < -0.4 is 5.32 Å². The molecule has 2 N–H and O–H groups in total. The molecule has 3 heteroatoms. The van der Waals surface area contributed by atoms with E-state index in [2.05, 4.69) is 10.2 Å². The predicted molar refractivity (Wildman–Crippen MR) is 69.0 cm³/mol. The van der Waals surface area contributed by atoms with Gasteiger partial charge in [0.05, 0.1) is 6.61 Å². The monoisotopic (exact) mass is 238 g/mol. The number of likely N-dealkylation sites (tertiary alicyclic amines) is 1. The lowest BCUT2D eigenvalue weighted by molar-refractivity contribution is 0.141. The largest absolute Gasteiger partial charge is 0.395 e. The van der Waals surface area contributed by atoms with Gasteiger partial charge in [0.25, 0.3) is 0 Å². The fourth-order valence-corrected chi connectivity index (χ4v) is 3.76. The van der Waals surface area contributed by atoms with Gasteiger partial charge in [0.1, 0.15) is 0 Å². The summed E-state index contributed by atoms with van der Waals surface area (Å²) in [7, 11) is 0. The molecule has 98 valence electrons. The first-order valence-electron chi connectivity index (χ1n) is 7.48. The molecule has 3 rings (SSSR count). The Bertz CT molecular complexity index is 255. The SMILES string of the molecule is OCC(CN1CCC2CCCCC21)NC1CC1. The maximum absolute atomic E-state index is 9.47. The zero-order valence-electron chi connectivity index (χ0n) is 10.8. The van der Waals surface area contributed by atoms with Gasteiger partial charge >= 0.3 is 0 Å². The maximum Gasteiger partial charge on any atom is 0.0597 e. The molecule has 3 aliphatic rings. The molecule has 3 unspecified atom stereocenters. The summed E-state index contributed by atoms with van der Waals surface area (Å²) in [6.07, 6.45) is 9.71. The van der Waals surface area contributed by atoms with Crippen molar-refractivity contribution < 1.29 is 5.11 Å². The smallest absolute Gasteiger partial charge is 0.0597 e. The van der Waals surface area contributed by atoms with Crippen LogP contribution in [-0.2, 0) is 0 Å². The van der Waals surface area contributed by atoms with E-state index < -0.39 is 0 Å². The van der Waals surface area contributed by atoms with Crippen LogP contribution in [-0.4, -0.2) is 47.8 Å². The molecule has 3 fully saturated rings. The highest BCUT2D eigenvalue weighted by atomic mass is 16.3. The van der Waals surface area contributed by atoms with Gasteiger partial charge in [-0.15, -0.1) is 0 Å². The van der Waals surface area contributed by atoms with Crippen molar-refractivity contribution in [3.8, 4) is 0 Å². The maximum atomic E-state index is 9.47. The lowest BCUT2D eigenvalue weighted by Gasteiger charge is -2.33. The second-order valence-corrected chi connectivity index (χ2v) is 6.22. The molecule has 2 saturated carbocycles. The second kappa shape index (κ2) is 5.25. The lowest BCUT2D eigenvalue weighted by Crippen LogP contribution is -2.47. The molecule has 2 aliphatic carbocycles. The molecule has 1 heterocycles. The minimum absolute atomic E-state index is 0.296. The minimum atomic E-state index is 0.296. The molecule has 1 saturated heterocycles. The zero-order chi connectivity index (χ0) is 11.7. The molecule has 1 aliphatic heterocycles. The van der Waals surface area contributed by atoms with Gasteiger partial charge < -0.3 is 10.4 Å². The summed E-state index contributed by atoms with van der Waals surface area (Å²) < 4.78 is 0. The molecule has 0 radical (unpaired) electrons. The summed E-state index contributed by atoms with van der Waals surface area (Å²) in [6.45, 7) is 2.62. The first-order chi connectivity index (χ1) is 8.36. The molecule has 0 amide bonds. The summed E-state index contributed by atoms with van der Waals surface area (Å²) in [5, 5.41) is 13.0. The van der Waals surface area contributed by atoms with Crippen molar-refractivity contribution in [2.45, 2.75) is 63.1 Å². The topological polar surface area (TPSA) is 35.5 Å². The summed E-state index contributed by atoms with van der Waals surface area (Å²) >= 11 is 0. The van der Waals surface area contributed by atoms with E-state index in [0.717, 1.165) is 18.5 Å². The Morgan fingerprint density at radius 3 is 2.71 bits per heavy atom. The van der Waals surface area contributed by atoms with E-state index in [0.29, 0.717) is 18.7 Å². The Morgan fingerprint density at radius 1 is 1.12 bits per heavy atom. The van der Waals surface area contributed by atoms with Crippen molar-refractivity contribution in [3.05, 3.63) is 0 Å². The van der Waals surface area contributed by atoms with Crippen LogP contribution in [0.1, 0.15) is 44.9 Å². The standard InChI is InChI=1S/C14H26N2O/c17-10-13(15-12-5-6-12)9-16-8-7-11-3-1-2-4-14(11)16/h11-15,17H,1-10H2. The number of aliphatic hydroxyl groups excluding tert-OH is 1. The first kappa shape index (κ1) is 11.9. The van der Waals surface area contributed by atoms with Gasteiger partial charge in [-0.3, -0.25) is 4.90 Å². The molecular formula is C14H26N2O. The number of hydrogen-bond acceptors (Lipinski definition) is 3. The highest BCUT2D eigenvalue weighted by molar-refractivity contribution is 4.93. The number of aliphatic hydroxyl groups is 1. The third-order valence-electron chi connectivity index (χ3n) is 4.85. The van der Waals surface area contributed by atoms with E-state index in [1.165, 1.54) is 51.5 Å². The normalized spacial score (nSPS) is 35.8. The Morgan fingerprint density at radius 2 is 1.94 bits per heavy atom. The van der Waals surface area contributed by atoms with Crippen LogP contribution in [0.3, 0.4) is 0 Å². The number of rotatable bonds is 5. The molecule has 0 spiro atoms. The summed E-state index contributed by atoms with van der Waals surface area (Å²) in [4.78, 5) is 2.65. The Kier molecular flexibility index (Phi) is 3.69. The number of nitrogens with zero attached hydrogens (tertiary/aromatic N) is 1. The average molecular weight is 238 g/mol. The van der Waals surface area contributed by atoms with E-state index in [-0.39, 0.29) is 0 Å². The molecule has 3 nitrogen and oxygen atoms in total. The first-order valence-corrected chi connectivity index (χ1v) is 7.48. The molecule has 0 aromatic rings. The summed E-state index contributed by atoms with van der Waals surface area (Å²) in [6, 6.07) is 1.85. The third-order valence-corrected chi connectivity index (χ3v) is 4.85. The van der Waals surface area contributed by atoms with Crippen LogP contribution in [0, 0.1) is 5.92 Å². The Hall–Kier alpha value is -0.120. The van der Waals surface area contributed by atoms with Crippen LogP contribution in [0.15, 0.2) is 0 Å². The highest BCUT2D eigenvalue weighted by Gasteiger charge is 2.36. The van der Waals surface area contributed by atoms with E-state index in [9.17, 15) is 5.11 Å². The van der Waals surface area contributed by atoms with Crippen molar-refractivity contribution in [2.75, 3.05) is 19.7 Å². The van der Waals surface area contributed by atoms with Crippen LogP contribution in [0.4, 0.5) is 0 Å². The van der Waals surface area contributed by atoms with Gasteiger partial charge in [0.15, 0.2) is 0 Å². The van der Waals surface area contributed by atoms with Crippen LogP contribution >= 0.6 is 0 Å². The predicted octanol–water partition coefficient (Wildman–Crippen LogP) is 1.36. The highest BCUT2D eigenvalue weighted by Crippen LogP contribution is 2.36. The molecule has 17 heavy (non-hydrogen) atoms. The van der Waals surface area contributed by atoms with Crippen LogP contribution in [0.5, 0.6) is 0 Å². The fourth-order valence-electron chi connectivity index (χ4n) is 3.76. The number of fused-ring (bicyclic) bond motifs is 1. The Balaban J connectivity index is 1.52. The van der Waals surface area contributed by atoms with Crippen LogP contribution in [0.2, 0.25) is 0 Å². The molecule has 0 aromatic carbocycles. The third kappa shape index (κ3) is 2.83. The van der Waals surface area contributed by atoms with Crippen molar-refractivity contribution in [2.24, 2.45) is 5.92 Å². The van der Waals surface area contributed by atoms with Gasteiger partial charge in [-0.25, -0.2) is 0 Å². The van der Waals surface area contributed by atoms with E-state index in [4.69, 9.17) is 0 Å². The van der Waals surface area contributed by atoms with Gasteiger partial charge in [0, 0.05) is 24.7 Å². The molecular weight excluding hydrogens is 212 g/mol. The summed E-state index contributed by atoms with van der Waals surface area (Å²) in [5.41, 5.74) is 0. The van der Waals surface area contributed by atoms with Crippen molar-refractivity contribution in [1.82, 2.24) is 10.2 Å². The van der Waals surface area contributed by atoms with Gasteiger partial charge in [-0.1, -0.05) is 12.8 Å². The lowest BCUT2D eigenvalue weighted by atomic mass is 9.85. The van der Waals surface area contributed by atoms with Crippen LogP contribution in [0.25, 0.3) is 0 Å². The van der Waals surface area contributed by atoms with E-state index in [1.807, 2.05) is 0 Å². The van der Waals surface area contributed by atoms with Gasteiger partial charge in [0.2, 0.25) is 0 Å². The fraction of sp³-hybridized carbons (Fsp3) is 1.00. The van der Waals surface area contributed by atoms with Gasteiger partial charge in [-0.05, 0) is 44.6 Å². The number of nitrogens with one attached hydrogen (secondary N) is 1. The van der Waals surface area contributed by atoms with Crippen molar-refractivity contribution in [3.63, 3.8) is 0 Å². The Labute approximate surface area is 105 Å². The molecule has 3 atom stereocenters. The van der Waals surface area contributed by atoms with E-state index >= 15 is 0 Å². The zero-order valence-corrected chi connectivity index (χ0v) is 10.8. The number of hydrogen-bond donors (Lipinski definition) is 2. The minimum Gasteiger partial charge on any atom is -0.395 e. The second-order valence-electron chi connectivity index (χ2n) is 6.22. The van der Waals surface area contributed by atoms with Crippen molar-refractivity contribution in [1.29, 1.82) is 0 Å². The van der Waals surface area contributed by atoms with Gasteiger partial charge in [-0.2, -0.15) is 0 Å². The quantitative estimate of drug-likeness (QED) is 0.759. The molecule has 0 aromatic heterocycles. The van der Waals surface area contributed by atoms with Crippen molar-refractivity contribution >= 4 is 0 Å².